The van der Waals surface area contributed by atoms with Crippen molar-refractivity contribution in [3.8, 4) is 17.4 Å². The summed E-state index contributed by atoms with van der Waals surface area (Å²) in [7, 11) is 2.84. The van der Waals surface area contributed by atoms with Crippen LogP contribution in [0.2, 0.25) is 0 Å². The molecule has 2 aromatic rings. The molecule has 2 rings (SSSR count). The second kappa shape index (κ2) is 5.05. The van der Waals surface area contributed by atoms with Crippen LogP contribution in [0.5, 0.6) is 17.4 Å². The van der Waals surface area contributed by atoms with Crippen LogP contribution in [0, 0.1) is 0 Å². The van der Waals surface area contributed by atoms with E-state index in [1.165, 1.54) is 30.9 Å². The Balaban J connectivity index is 2.71. The maximum atomic E-state index is 11.9. The SMILES string of the molecule is CCOC(=O)c1c(OC)nc2c(O)cc(OC)cn12. The Labute approximate surface area is 109 Å². The molecule has 0 amide bonds. The summed E-state index contributed by atoms with van der Waals surface area (Å²) in [6, 6.07) is 1.40. The second-order valence-corrected chi connectivity index (χ2v) is 3.65. The molecule has 0 fully saturated rings. The highest BCUT2D eigenvalue weighted by Gasteiger charge is 2.23. The van der Waals surface area contributed by atoms with Crippen LogP contribution in [0.1, 0.15) is 17.4 Å². The van der Waals surface area contributed by atoms with Crippen LogP contribution in [-0.4, -0.2) is 41.3 Å². The van der Waals surface area contributed by atoms with E-state index in [2.05, 4.69) is 4.98 Å². The van der Waals surface area contributed by atoms with Crippen LogP contribution in [0.15, 0.2) is 12.3 Å². The van der Waals surface area contributed by atoms with Gasteiger partial charge in [0.15, 0.2) is 17.1 Å². The van der Waals surface area contributed by atoms with Gasteiger partial charge in [0.1, 0.15) is 5.75 Å². The maximum absolute atomic E-state index is 11.9. The molecule has 19 heavy (non-hydrogen) atoms. The minimum absolute atomic E-state index is 0.0852. The molecule has 0 radical (unpaired) electrons. The maximum Gasteiger partial charge on any atom is 0.361 e. The average Bonchev–Trinajstić information content (AvgIpc) is 2.77. The number of imidazole rings is 1. The Morgan fingerprint density at radius 1 is 1.42 bits per heavy atom. The molecule has 102 valence electrons. The number of rotatable bonds is 4. The van der Waals surface area contributed by atoms with Crippen LogP contribution >= 0.6 is 0 Å². The summed E-state index contributed by atoms with van der Waals surface area (Å²) < 4.78 is 16.4. The Bertz CT molecular complexity index is 620. The van der Waals surface area contributed by atoms with Gasteiger partial charge in [0.05, 0.1) is 27.0 Å². The number of esters is 1. The lowest BCUT2D eigenvalue weighted by atomic mass is 10.4. The third-order valence-electron chi connectivity index (χ3n) is 2.54. The van der Waals surface area contributed by atoms with Crippen molar-refractivity contribution in [1.82, 2.24) is 9.38 Å². The Hall–Kier alpha value is -2.44. The quantitative estimate of drug-likeness (QED) is 0.838. The van der Waals surface area contributed by atoms with Crippen molar-refractivity contribution >= 4 is 11.6 Å². The van der Waals surface area contributed by atoms with Crippen LogP contribution in [0.3, 0.4) is 0 Å². The number of ether oxygens (including phenoxy) is 3. The van der Waals surface area contributed by atoms with Gasteiger partial charge >= 0.3 is 5.97 Å². The van der Waals surface area contributed by atoms with Crippen LogP contribution in [0.4, 0.5) is 0 Å². The van der Waals surface area contributed by atoms with Gasteiger partial charge in [-0.3, -0.25) is 4.40 Å². The molecule has 0 bridgehead atoms. The van der Waals surface area contributed by atoms with Crippen molar-refractivity contribution in [2.24, 2.45) is 0 Å². The fourth-order valence-electron chi connectivity index (χ4n) is 1.72. The summed E-state index contributed by atoms with van der Waals surface area (Å²) in [6.45, 7) is 1.93. The topological polar surface area (TPSA) is 82.3 Å². The van der Waals surface area contributed by atoms with Crippen LogP contribution < -0.4 is 9.47 Å². The Morgan fingerprint density at radius 2 is 2.16 bits per heavy atom. The molecule has 0 aliphatic carbocycles. The number of aromatic nitrogens is 2. The minimum Gasteiger partial charge on any atom is -0.504 e. The monoisotopic (exact) mass is 266 g/mol. The van der Waals surface area contributed by atoms with Crippen molar-refractivity contribution in [1.29, 1.82) is 0 Å². The minimum atomic E-state index is -0.584. The number of nitrogens with zero attached hydrogens (tertiary/aromatic N) is 2. The molecular weight excluding hydrogens is 252 g/mol. The molecule has 7 heteroatoms. The van der Waals surface area contributed by atoms with E-state index in [4.69, 9.17) is 14.2 Å². The van der Waals surface area contributed by atoms with Crippen LogP contribution in [0.25, 0.3) is 5.65 Å². The van der Waals surface area contributed by atoms with Gasteiger partial charge in [0, 0.05) is 6.07 Å². The van der Waals surface area contributed by atoms with Gasteiger partial charge in [-0.1, -0.05) is 0 Å². The lowest BCUT2D eigenvalue weighted by molar-refractivity contribution is 0.0514. The van der Waals surface area contributed by atoms with E-state index >= 15 is 0 Å². The molecule has 0 aliphatic rings. The highest BCUT2D eigenvalue weighted by molar-refractivity contribution is 5.92. The summed E-state index contributed by atoms with van der Waals surface area (Å²) in [5, 5.41) is 9.86. The van der Waals surface area contributed by atoms with Gasteiger partial charge in [0.2, 0.25) is 5.88 Å². The number of carbonyl (C=O) groups excluding carboxylic acids is 1. The predicted octanol–water partition coefficient (Wildman–Crippen LogP) is 1.23. The zero-order valence-electron chi connectivity index (χ0n) is 10.8. The summed E-state index contributed by atoms with van der Waals surface area (Å²) in [5.41, 5.74) is 0.300. The molecule has 1 N–H and O–H groups in total. The van der Waals surface area contributed by atoms with Gasteiger partial charge in [-0.25, -0.2) is 4.79 Å². The van der Waals surface area contributed by atoms with Crippen molar-refractivity contribution in [2.75, 3.05) is 20.8 Å². The number of carbonyl (C=O) groups is 1. The van der Waals surface area contributed by atoms with Gasteiger partial charge < -0.3 is 19.3 Å². The lowest BCUT2D eigenvalue weighted by Crippen LogP contribution is -2.09. The molecule has 0 saturated heterocycles. The summed E-state index contributed by atoms with van der Waals surface area (Å²) >= 11 is 0. The molecule has 0 unspecified atom stereocenters. The molecule has 2 aromatic heterocycles. The zero-order chi connectivity index (χ0) is 14.0. The summed E-state index contributed by atoms with van der Waals surface area (Å²) in [5.74, 6) is -0.231. The highest BCUT2D eigenvalue weighted by atomic mass is 16.5. The van der Waals surface area contributed by atoms with Crippen molar-refractivity contribution in [3.05, 3.63) is 18.0 Å². The zero-order valence-corrected chi connectivity index (χ0v) is 10.8. The average molecular weight is 266 g/mol. The fourth-order valence-corrected chi connectivity index (χ4v) is 1.72. The standard InChI is InChI=1S/C12H14N2O5/c1-4-19-12(16)9-11(18-3)13-10-8(15)5-7(17-2)6-14(9)10/h5-6,15H,4H2,1-3H3. The largest absolute Gasteiger partial charge is 0.504 e. The van der Waals surface area contributed by atoms with Crippen molar-refractivity contribution in [2.45, 2.75) is 6.92 Å². The molecule has 7 nitrogen and oxygen atoms in total. The summed E-state index contributed by atoms with van der Waals surface area (Å²) in [6.07, 6.45) is 1.52. The second-order valence-electron chi connectivity index (χ2n) is 3.65. The number of pyridine rings is 1. The first-order valence-electron chi connectivity index (χ1n) is 5.62. The molecule has 0 saturated carbocycles. The normalized spacial score (nSPS) is 10.5. The first kappa shape index (κ1) is 13.0. The Kier molecular flexibility index (Phi) is 3.46. The van der Waals surface area contributed by atoms with Gasteiger partial charge in [-0.2, -0.15) is 4.98 Å². The van der Waals surface area contributed by atoms with E-state index in [0.717, 1.165) is 0 Å². The third-order valence-corrected chi connectivity index (χ3v) is 2.54. The number of hydrogen-bond acceptors (Lipinski definition) is 6. The number of fused-ring (bicyclic) bond motifs is 1. The number of hydrogen-bond donors (Lipinski definition) is 1. The van der Waals surface area contributed by atoms with Gasteiger partial charge in [0.25, 0.3) is 0 Å². The van der Waals surface area contributed by atoms with E-state index in [1.807, 2.05) is 0 Å². The molecule has 0 spiro atoms. The first-order chi connectivity index (χ1) is 9.12. The van der Waals surface area contributed by atoms with Gasteiger partial charge in [-0.15, -0.1) is 0 Å². The van der Waals surface area contributed by atoms with Crippen molar-refractivity contribution < 1.29 is 24.1 Å². The number of methoxy groups -OCH3 is 2. The van der Waals surface area contributed by atoms with E-state index in [0.29, 0.717) is 5.75 Å². The highest BCUT2D eigenvalue weighted by Crippen LogP contribution is 2.29. The van der Waals surface area contributed by atoms with E-state index in [-0.39, 0.29) is 29.6 Å². The fraction of sp³-hybridized carbons (Fsp3) is 0.333. The van der Waals surface area contributed by atoms with E-state index in [1.54, 1.807) is 6.92 Å². The number of aromatic hydroxyl groups is 1. The first-order valence-corrected chi connectivity index (χ1v) is 5.62. The predicted molar refractivity (Wildman–Crippen MR) is 65.9 cm³/mol. The van der Waals surface area contributed by atoms with E-state index < -0.39 is 5.97 Å². The summed E-state index contributed by atoms with van der Waals surface area (Å²) in [4.78, 5) is 16.0. The molecule has 0 aliphatic heterocycles. The smallest absolute Gasteiger partial charge is 0.361 e. The molecule has 2 heterocycles. The molecule has 0 atom stereocenters. The molecular formula is C12H14N2O5. The van der Waals surface area contributed by atoms with Crippen LogP contribution in [-0.2, 0) is 4.74 Å². The lowest BCUT2D eigenvalue weighted by Gasteiger charge is -2.06. The third kappa shape index (κ3) is 2.14. The Morgan fingerprint density at radius 3 is 2.74 bits per heavy atom. The van der Waals surface area contributed by atoms with E-state index in [9.17, 15) is 9.90 Å². The molecule has 0 aromatic carbocycles. The van der Waals surface area contributed by atoms with Crippen molar-refractivity contribution in [3.63, 3.8) is 0 Å². The van der Waals surface area contributed by atoms with Gasteiger partial charge in [-0.05, 0) is 6.92 Å².